The van der Waals surface area contributed by atoms with Gasteiger partial charge in [0.1, 0.15) is 6.10 Å². The van der Waals surface area contributed by atoms with Crippen LogP contribution in [-0.2, 0) is 4.74 Å². The minimum Gasteiger partial charge on any atom is -0.369 e. The summed E-state index contributed by atoms with van der Waals surface area (Å²) in [6.45, 7) is 0. The molecule has 78 valence electrons. The lowest BCUT2D eigenvalue weighted by Crippen LogP contribution is -2.05. The van der Waals surface area contributed by atoms with Crippen LogP contribution in [0.2, 0.25) is 0 Å². The van der Waals surface area contributed by atoms with Crippen LogP contribution in [-0.4, -0.2) is 22.3 Å². The van der Waals surface area contributed by atoms with E-state index in [1.54, 1.807) is 7.11 Å². The lowest BCUT2D eigenvalue weighted by Gasteiger charge is -2.11. The molecule has 1 atom stereocenters. The first-order valence-electron chi connectivity index (χ1n) is 4.57. The molecular formula is C10H12N4O. The van der Waals surface area contributed by atoms with Gasteiger partial charge in [0.15, 0.2) is 5.82 Å². The Kier molecular flexibility index (Phi) is 2.64. The summed E-state index contributed by atoms with van der Waals surface area (Å²) in [6, 6.07) is 9.77. The monoisotopic (exact) mass is 204 g/mol. The van der Waals surface area contributed by atoms with Gasteiger partial charge in [-0.05, 0) is 5.56 Å². The van der Waals surface area contributed by atoms with Crippen molar-refractivity contribution in [3.05, 3.63) is 41.7 Å². The first kappa shape index (κ1) is 9.67. The fourth-order valence-electron chi connectivity index (χ4n) is 1.44. The zero-order valence-corrected chi connectivity index (χ0v) is 8.34. The molecule has 2 rings (SSSR count). The standard InChI is InChI=1S/C10H12N4O/c1-15-8(7-5-3-2-4-6-7)9-12-10(11)14-13-9/h2-6,8H,1H3,(H3,11,12,13,14). The molecule has 0 aliphatic heterocycles. The Balaban J connectivity index is 2.33. The minimum atomic E-state index is -0.254. The predicted octanol–water partition coefficient (Wildman–Crippen LogP) is 1.12. The van der Waals surface area contributed by atoms with Crippen LogP contribution in [0.25, 0.3) is 0 Å². The highest BCUT2D eigenvalue weighted by atomic mass is 16.5. The normalized spacial score (nSPS) is 12.6. The van der Waals surface area contributed by atoms with Gasteiger partial charge in [-0.3, -0.25) is 5.10 Å². The van der Waals surface area contributed by atoms with E-state index in [4.69, 9.17) is 10.5 Å². The van der Waals surface area contributed by atoms with Gasteiger partial charge in [0.25, 0.3) is 0 Å². The number of hydrogen-bond acceptors (Lipinski definition) is 4. The first-order chi connectivity index (χ1) is 7.31. The Morgan fingerprint density at radius 2 is 2.07 bits per heavy atom. The number of anilines is 1. The van der Waals surface area contributed by atoms with Crippen LogP contribution in [0.5, 0.6) is 0 Å². The summed E-state index contributed by atoms with van der Waals surface area (Å²) in [4.78, 5) is 4.04. The Morgan fingerprint density at radius 1 is 1.33 bits per heavy atom. The fourth-order valence-corrected chi connectivity index (χ4v) is 1.44. The molecule has 0 fully saturated rings. The molecule has 1 unspecified atom stereocenters. The van der Waals surface area contributed by atoms with Gasteiger partial charge < -0.3 is 10.5 Å². The number of aromatic amines is 1. The van der Waals surface area contributed by atoms with Gasteiger partial charge in [0.05, 0.1) is 0 Å². The molecule has 0 aliphatic carbocycles. The zero-order valence-electron chi connectivity index (χ0n) is 8.34. The molecule has 2 aromatic rings. The van der Waals surface area contributed by atoms with E-state index in [1.165, 1.54) is 0 Å². The Bertz CT molecular complexity index is 426. The van der Waals surface area contributed by atoms with Crippen molar-refractivity contribution in [3.8, 4) is 0 Å². The van der Waals surface area contributed by atoms with E-state index in [1.807, 2.05) is 30.3 Å². The molecule has 5 nitrogen and oxygen atoms in total. The molecule has 0 saturated heterocycles. The lowest BCUT2D eigenvalue weighted by molar-refractivity contribution is 0.129. The summed E-state index contributed by atoms with van der Waals surface area (Å²) < 4.78 is 5.35. The third-order valence-corrected chi connectivity index (χ3v) is 2.11. The highest BCUT2D eigenvalue weighted by Crippen LogP contribution is 2.21. The first-order valence-corrected chi connectivity index (χ1v) is 4.57. The smallest absolute Gasteiger partial charge is 0.239 e. The van der Waals surface area contributed by atoms with Crippen molar-refractivity contribution in [3.63, 3.8) is 0 Å². The molecule has 0 aliphatic rings. The van der Waals surface area contributed by atoms with Crippen molar-refractivity contribution in [2.75, 3.05) is 12.8 Å². The fraction of sp³-hybridized carbons (Fsp3) is 0.200. The summed E-state index contributed by atoms with van der Waals surface area (Å²) in [5.41, 5.74) is 6.45. The van der Waals surface area contributed by atoms with Gasteiger partial charge in [-0.2, -0.15) is 4.98 Å². The second-order valence-electron chi connectivity index (χ2n) is 3.11. The van der Waals surface area contributed by atoms with Crippen molar-refractivity contribution in [2.45, 2.75) is 6.10 Å². The van der Waals surface area contributed by atoms with E-state index >= 15 is 0 Å². The molecular weight excluding hydrogens is 192 g/mol. The number of H-pyrrole nitrogens is 1. The van der Waals surface area contributed by atoms with Crippen molar-refractivity contribution in [1.82, 2.24) is 15.2 Å². The summed E-state index contributed by atoms with van der Waals surface area (Å²) in [6.07, 6.45) is -0.254. The van der Waals surface area contributed by atoms with E-state index < -0.39 is 0 Å². The van der Waals surface area contributed by atoms with Crippen LogP contribution in [0, 0.1) is 0 Å². The van der Waals surface area contributed by atoms with Gasteiger partial charge in [-0.25, -0.2) is 0 Å². The van der Waals surface area contributed by atoms with Crippen molar-refractivity contribution >= 4 is 5.95 Å². The second-order valence-corrected chi connectivity index (χ2v) is 3.11. The maximum absolute atomic E-state index is 5.44. The number of nitrogens with zero attached hydrogens (tertiary/aromatic N) is 2. The molecule has 1 aromatic carbocycles. The number of nitrogens with one attached hydrogen (secondary N) is 1. The molecule has 5 heteroatoms. The highest BCUT2D eigenvalue weighted by Gasteiger charge is 2.16. The van der Waals surface area contributed by atoms with Gasteiger partial charge in [-0.15, -0.1) is 5.10 Å². The number of aromatic nitrogens is 3. The summed E-state index contributed by atoms with van der Waals surface area (Å²) in [5, 5.41) is 6.52. The van der Waals surface area contributed by atoms with Crippen molar-refractivity contribution < 1.29 is 4.74 Å². The molecule has 1 aromatic heterocycles. The predicted molar refractivity (Wildman–Crippen MR) is 56.1 cm³/mol. The van der Waals surface area contributed by atoms with Gasteiger partial charge in [0.2, 0.25) is 5.95 Å². The molecule has 0 spiro atoms. The summed E-state index contributed by atoms with van der Waals surface area (Å²) in [5.74, 6) is 0.837. The summed E-state index contributed by atoms with van der Waals surface area (Å²) >= 11 is 0. The number of benzene rings is 1. The third-order valence-electron chi connectivity index (χ3n) is 2.11. The maximum atomic E-state index is 5.44. The molecule has 0 saturated carbocycles. The lowest BCUT2D eigenvalue weighted by atomic mass is 10.1. The Morgan fingerprint density at radius 3 is 2.60 bits per heavy atom. The number of rotatable bonds is 3. The Labute approximate surface area is 87.3 Å². The van der Waals surface area contributed by atoms with E-state index in [-0.39, 0.29) is 12.1 Å². The second kappa shape index (κ2) is 4.10. The minimum absolute atomic E-state index is 0.225. The SMILES string of the molecule is COC(c1ccccc1)c1nc(N)n[nH]1. The van der Waals surface area contributed by atoms with E-state index in [2.05, 4.69) is 15.2 Å². The zero-order chi connectivity index (χ0) is 10.7. The quantitative estimate of drug-likeness (QED) is 0.785. The number of hydrogen-bond donors (Lipinski definition) is 2. The van der Waals surface area contributed by atoms with Crippen molar-refractivity contribution in [2.24, 2.45) is 0 Å². The van der Waals surface area contributed by atoms with Crippen LogP contribution in [0.15, 0.2) is 30.3 Å². The van der Waals surface area contributed by atoms with Crippen LogP contribution in [0.3, 0.4) is 0 Å². The van der Waals surface area contributed by atoms with Gasteiger partial charge >= 0.3 is 0 Å². The highest BCUT2D eigenvalue weighted by molar-refractivity contribution is 5.25. The summed E-state index contributed by atoms with van der Waals surface area (Å²) in [7, 11) is 1.62. The number of nitrogen functional groups attached to an aromatic ring is 1. The maximum Gasteiger partial charge on any atom is 0.239 e. The number of nitrogens with two attached hydrogens (primary N) is 1. The molecule has 0 amide bonds. The van der Waals surface area contributed by atoms with Gasteiger partial charge in [0, 0.05) is 7.11 Å². The van der Waals surface area contributed by atoms with Crippen LogP contribution >= 0.6 is 0 Å². The van der Waals surface area contributed by atoms with Crippen molar-refractivity contribution in [1.29, 1.82) is 0 Å². The van der Waals surface area contributed by atoms with Crippen LogP contribution < -0.4 is 5.73 Å². The number of methoxy groups -OCH3 is 1. The molecule has 0 bridgehead atoms. The third kappa shape index (κ3) is 1.97. The molecule has 15 heavy (non-hydrogen) atoms. The largest absolute Gasteiger partial charge is 0.369 e. The van der Waals surface area contributed by atoms with E-state index in [9.17, 15) is 0 Å². The van der Waals surface area contributed by atoms with Gasteiger partial charge in [-0.1, -0.05) is 30.3 Å². The van der Waals surface area contributed by atoms with Crippen LogP contribution in [0.1, 0.15) is 17.5 Å². The number of ether oxygens (including phenoxy) is 1. The average Bonchev–Trinajstić information content (AvgIpc) is 2.68. The topological polar surface area (TPSA) is 76.8 Å². The molecule has 1 heterocycles. The van der Waals surface area contributed by atoms with Crippen LogP contribution in [0.4, 0.5) is 5.95 Å². The Hall–Kier alpha value is -1.88. The molecule has 0 radical (unpaired) electrons. The average molecular weight is 204 g/mol. The van der Waals surface area contributed by atoms with E-state index in [0.29, 0.717) is 5.82 Å². The van der Waals surface area contributed by atoms with E-state index in [0.717, 1.165) is 5.56 Å². The molecule has 3 N–H and O–H groups in total.